The van der Waals surface area contributed by atoms with Crippen molar-refractivity contribution >= 4 is 39.3 Å². The van der Waals surface area contributed by atoms with Crippen LogP contribution in [0.2, 0.25) is 0 Å². The second-order valence-corrected chi connectivity index (χ2v) is 6.14. The van der Waals surface area contributed by atoms with Crippen LogP contribution in [0.3, 0.4) is 0 Å². The van der Waals surface area contributed by atoms with E-state index in [0.29, 0.717) is 5.25 Å². The standard InChI is InChI=1S/C11H13BrN2OS/c1-7-6-14(11(15)5-13)9-4-8(12)2-3-10(9)16-7/h2-4,7H,5-6,13H2,1H3. The summed E-state index contributed by atoms with van der Waals surface area (Å²) in [7, 11) is 0. The van der Waals surface area contributed by atoms with Gasteiger partial charge in [0.25, 0.3) is 0 Å². The number of benzene rings is 1. The van der Waals surface area contributed by atoms with Crippen LogP contribution in [0, 0.1) is 0 Å². The van der Waals surface area contributed by atoms with Gasteiger partial charge in [-0.3, -0.25) is 4.79 Å². The molecule has 0 saturated carbocycles. The number of amides is 1. The van der Waals surface area contributed by atoms with Crippen molar-refractivity contribution in [1.29, 1.82) is 0 Å². The Kier molecular flexibility index (Phi) is 3.56. The van der Waals surface area contributed by atoms with Gasteiger partial charge in [-0.1, -0.05) is 22.9 Å². The van der Waals surface area contributed by atoms with E-state index in [9.17, 15) is 4.79 Å². The van der Waals surface area contributed by atoms with E-state index in [-0.39, 0.29) is 12.5 Å². The van der Waals surface area contributed by atoms with E-state index < -0.39 is 0 Å². The molecular weight excluding hydrogens is 288 g/mol. The van der Waals surface area contributed by atoms with Crippen molar-refractivity contribution in [3.63, 3.8) is 0 Å². The predicted molar refractivity (Wildman–Crippen MR) is 70.9 cm³/mol. The molecule has 1 aliphatic heterocycles. The molecular formula is C11H13BrN2OS. The van der Waals surface area contributed by atoms with E-state index in [0.717, 1.165) is 21.6 Å². The first-order chi connectivity index (χ1) is 7.61. The maximum atomic E-state index is 11.8. The van der Waals surface area contributed by atoms with Crippen molar-refractivity contribution in [3.8, 4) is 0 Å². The molecule has 1 heterocycles. The lowest BCUT2D eigenvalue weighted by molar-refractivity contribution is -0.117. The number of nitrogens with zero attached hydrogens (tertiary/aromatic N) is 1. The maximum absolute atomic E-state index is 11.8. The molecule has 1 aromatic rings. The Balaban J connectivity index is 2.43. The number of carbonyl (C=O) groups is 1. The van der Waals surface area contributed by atoms with Crippen molar-refractivity contribution in [2.75, 3.05) is 18.0 Å². The van der Waals surface area contributed by atoms with E-state index in [1.807, 2.05) is 18.2 Å². The Morgan fingerprint density at radius 3 is 3.12 bits per heavy atom. The van der Waals surface area contributed by atoms with E-state index in [1.165, 1.54) is 0 Å². The largest absolute Gasteiger partial charge is 0.322 e. The molecule has 0 saturated heterocycles. The minimum atomic E-state index is -0.0218. The zero-order valence-corrected chi connectivity index (χ0v) is 11.3. The highest BCUT2D eigenvalue weighted by molar-refractivity contribution is 9.10. The Hall–Kier alpha value is -0.520. The quantitative estimate of drug-likeness (QED) is 0.865. The molecule has 1 aromatic carbocycles. The molecule has 1 aliphatic rings. The summed E-state index contributed by atoms with van der Waals surface area (Å²) in [6.45, 7) is 2.90. The van der Waals surface area contributed by atoms with Gasteiger partial charge in [0.05, 0.1) is 12.2 Å². The lowest BCUT2D eigenvalue weighted by Crippen LogP contribution is -2.41. The number of hydrogen-bond donors (Lipinski definition) is 1. The second kappa shape index (κ2) is 4.77. The summed E-state index contributed by atoms with van der Waals surface area (Å²) in [5.74, 6) is -0.0218. The van der Waals surface area contributed by atoms with E-state index in [2.05, 4.69) is 22.9 Å². The smallest absolute Gasteiger partial charge is 0.240 e. The third kappa shape index (κ3) is 2.26. The molecule has 0 radical (unpaired) electrons. The molecule has 0 spiro atoms. The fraction of sp³-hybridized carbons (Fsp3) is 0.364. The topological polar surface area (TPSA) is 46.3 Å². The number of halogens is 1. The number of carbonyl (C=O) groups excluding carboxylic acids is 1. The molecule has 0 aliphatic carbocycles. The molecule has 16 heavy (non-hydrogen) atoms. The summed E-state index contributed by atoms with van der Waals surface area (Å²) in [6, 6.07) is 6.01. The van der Waals surface area contributed by atoms with Crippen LogP contribution >= 0.6 is 27.7 Å². The first kappa shape index (κ1) is 12.0. The molecule has 2 N–H and O–H groups in total. The van der Waals surface area contributed by atoms with Gasteiger partial charge in [0.1, 0.15) is 0 Å². The predicted octanol–water partition coefficient (Wildman–Crippen LogP) is 2.24. The first-order valence-corrected chi connectivity index (χ1v) is 6.75. The summed E-state index contributed by atoms with van der Waals surface area (Å²) >= 11 is 5.22. The van der Waals surface area contributed by atoms with Crippen LogP contribution in [-0.4, -0.2) is 24.2 Å². The van der Waals surface area contributed by atoms with Gasteiger partial charge in [-0.05, 0) is 18.2 Å². The Morgan fingerprint density at radius 1 is 1.69 bits per heavy atom. The summed E-state index contributed by atoms with van der Waals surface area (Å²) in [4.78, 5) is 14.7. The van der Waals surface area contributed by atoms with Crippen LogP contribution < -0.4 is 10.6 Å². The summed E-state index contributed by atoms with van der Waals surface area (Å²) < 4.78 is 0.983. The Labute approximate surface area is 108 Å². The summed E-state index contributed by atoms with van der Waals surface area (Å²) in [6.07, 6.45) is 0. The fourth-order valence-corrected chi connectivity index (χ4v) is 3.20. The van der Waals surface area contributed by atoms with Gasteiger partial charge in [0.15, 0.2) is 0 Å². The first-order valence-electron chi connectivity index (χ1n) is 5.08. The number of thioether (sulfide) groups is 1. The summed E-state index contributed by atoms with van der Waals surface area (Å²) in [5, 5.41) is 0.407. The SMILES string of the molecule is CC1CN(C(=O)CN)c2cc(Br)ccc2S1. The zero-order chi connectivity index (χ0) is 11.7. The van der Waals surface area contributed by atoms with Crippen molar-refractivity contribution < 1.29 is 4.79 Å². The fourth-order valence-electron chi connectivity index (χ4n) is 1.76. The highest BCUT2D eigenvalue weighted by atomic mass is 79.9. The Bertz CT molecular complexity index is 424. The average Bonchev–Trinajstić information content (AvgIpc) is 2.27. The minimum Gasteiger partial charge on any atom is -0.322 e. The lowest BCUT2D eigenvalue weighted by atomic mass is 10.2. The van der Waals surface area contributed by atoms with Gasteiger partial charge in [-0.25, -0.2) is 0 Å². The van der Waals surface area contributed by atoms with Crippen molar-refractivity contribution in [2.24, 2.45) is 5.73 Å². The molecule has 0 aromatic heterocycles. The minimum absolute atomic E-state index is 0.0218. The third-order valence-corrected chi connectivity index (χ3v) is 4.10. The molecule has 3 nitrogen and oxygen atoms in total. The van der Waals surface area contributed by atoms with E-state index >= 15 is 0 Å². The van der Waals surface area contributed by atoms with E-state index in [4.69, 9.17) is 5.73 Å². The highest BCUT2D eigenvalue weighted by Crippen LogP contribution is 2.39. The number of anilines is 1. The summed E-state index contributed by atoms with van der Waals surface area (Å²) in [5.41, 5.74) is 6.40. The zero-order valence-electron chi connectivity index (χ0n) is 8.94. The van der Waals surface area contributed by atoms with Gasteiger partial charge in [0, 0.05) is 21.2 Å². The van der Waals surface area contributed by atoms with Crippen molar-refractivity contribution in [1.82, 2.24) is 0 Å². The van der Waals surface area contributed by atoms with Crippen molar-refractivity contribution in [2.45, 2.75) is 17.1 Å². The van der Waals surface area contributed by atoms with Crippen molar-refractivity contribution in [3.05, 3.63) is 22.7 Å². The lowest BCUT2D eigenvalue weighted by Gasteiger charge is -2.32. The van der Waals surface area contributed by atoms with Gasteiger partial charge < -0.3 is 10.6 Å². The van der Waals surface area contributed by atoms with Gasteiger partial charge >= 0.3 is 0 Å². The monoisotopic (exact) mass is 300 g/mol. The van der Waals surface area contributed by atoms with Gasteiger partial charge in [0.2, 0.25) is 5.91 Å². The highest BCUT2D eigenvalue weighted by Gasteiger charge is 2.26. The maximum Gasteiger partial charge on any atom is 0.240 e. The average molecular weight is 301 g/mol. The number of hydrogen-bond acceptors (Lipinski definition) is 3. The third-order valence-electron chi connectivity index (χ3n) is 2.46. The number of fused-ring (bicyclic) bond motifs is 1. The molecule has 0 bridgehead atoms. The molecule has 1 unspecified atom stereocenters. The van der Waals surface area contributed by atoms with Crippen LogP contribution in [0.25, 0.3) is 0 Å². The van der Waals surface area contributed by atoms with Gasteiger partial charge in [-0.2, -0.15) is 0 Å². The van der Waals surface area contributed by atoms with Gasteiger partial charge in [-0.15, -0.1) is 11.8 Å². The molecule has 86 valence electrons. The van der Waals surface area contributed by atoms with Crippen LogP contribution in [0.1, 0.15) is 6.92 Å². The van der Waals surface area contributed by atoms with E-state index in [1.54, 1.807) is 16.7 Å². The number of nitrogens with two attached hydrogens (primary N) is 1. The number of rotatable bonds is 1. The molecule has 2 rings (SSSR count). The molecule has 1 amide bonds. The normalized spacial score (nSPS) is 19.4. The molecule has 1 atom stereocenters. The second-order valence-electron chi connectivity index (χ2n) is 3.75. The van der Waals surface area contributed by atoms with Crippen LogP contribution in [0.5, 0.6) is 0 Å². The molecule has 0 fully saturated rings. The van der Waals surface area contributed by atoms with Crippen LogP contribution in [0.4, 0.5) is 5.69 Å². The van der Waals surface area contributed by atoms with Crippen LogP contribution in [-0.2, 0) is 4.79 Å². The Morgan fingerprint density at radius 2 is 2.44 bits per heavy atom. The van der Waals surface area contributed by atoms with Crippen LogP contribution in [0.15, 0.2) is 27.6 Å². The molecule has 5 heteroatoms.